The fraction of sp³-hybridized carbons (Fsp3) is 0.174. The fourth-order valence-electron chi connectivity index (χ4n) is 3.43. The first-order valence-electron chi connectivity index (χ1n) is 10.2. The molecule has 0 saturated heterocycles. The molecule has 6 nitrogen and oxygen atoms in total. The summed E-state index contributed by atoms with van der Waals surface area (Å²) in [6.45, 7) is 1.34. The average molecular weight is 527 g/mol. The van der Waals surface area contributed by atoms with Gasteiger partial charge in [0.15, 0.2) is 15.7 Å². The Labute approximate surface area is 199 Å². The number of hydrogen-bond acceptors (Lipinski definition) is 5. The van der Waals surface area contributed by atoms with Crippen LogP contribution in [-0.2, 0) is 15.8 Å². The number of sulfone groups is 1. The van der Waals surface area contributed by atoms with Gasteiger partial charge in [0.05, 0.1) is 17.3 Å². The number of aromatic nitrogens is 3. The summed E-state index contributed by atoms with van der Waals surface area (Å²) in [5.74, 6) is -6.62. The molecule has 0 unspecified atom stereocenters. The minimum Gasteiger partial charge on any atom is -0.267 e. The molecule has 0 N–H and O–H groups in total. The summed E-state index contributed by atoms with van der Waals surface area (Å²) in [6.07, 6.45) is -3.68. The van der Waals surface area contributed by atoms with Crippen LogP contribution in [-0.4, -0.2) is 35.1 Å². The zero-order valence-corrected chi connectivity index (χ0v) is 19.0. The van der Waals surface area contributed by atoms with E-state index in [1.165, 1.54) is 31.3 Å². The third-order valence-corrected chi connectivity index (χ3v) is 7.16. The predicted molar refractivity (Wildman–Crippen MR) is 118 cm³/mol. The van der Waals surface area contributed by atoms with Crippen molar-refractivity contribution in [3.63, 3.8) is 0 Å². The first-order valence-corrected chi connectivity index (χ1v) is 11.9. The molecule has 0 spiro atoms. The van der Waals surface area contributed by atoms with Crippen LogP contribution >= 0.6 is 0 Å². The van der Waals surface area contributed by atoms with E-state index < -0.39 is 60.7 Å². The van der Waals surface area contributed by atoms with Crippen molar-refractivity contribution in [2.24, 2.45) is 0 Å². The van der Waals surface area contributed by atoms with Crippen molar-refractivity contribution in [3.05, 3.63) is 82.7 Å². The Kier molecular flexibility index (Phi) is 6.15. The Morgan fingerprint density at radius 1 is 0.917 bits per heavy atom. The van der Waals surface area contributed by atoms with Gasteiger partial charge in [-0.25, -0.2) is 17.8 Å². The summed E-state index contributed by atoms with van der Waals surface area (Å²) in [5, 5.41) is 3.27. The smallest absolute Gasteiger partial charge is 0.267 e. The molecule has 2 aromatic heterocycles. The van der Waals surface area contributed by atoms with Crippen LogP contribution in [0.25, 0.3) is 27.7 Å². The molecule has 2 aromatic carbocycles. The number of fused-ring (bicyclic) bond motifs is 1. The molecular weight excluding hydrogens is 512 g/mol. The molecule has 188 valence electrons. The number of benzene rings is 2. The Balaban J connectivity index is 1.95. The lowest BCUT2D eigenvalue weighted by atomic mass is 10.0. The fourth-order valence-corrected chi connectivity index (χ4v) is 4.47. The van der Waals surface area contributed by atoms with Crippen molar-refractivity contribution in [1.29, 1.82) is 0 Å². The minimum atomic E-state index is -5.90. The molecule has 0 bridgehead atoms. The lowest BCUT2D eigenvalue weighted by Crippen LogP contribution is -2.34. The van der Waals surface area contributed by atoms with E-state index in [2.05, 4.69) is 10.1 Å². The summed E-state index contributed by atoms with van der Waals surface area (Å²) < 4.78 is 106. The van der Waals surface area contributed by atoms with E-state index in [0.717, 1.165) is 24.4 Å². The van der Waals surface area contributed by atoms with Crippen molar-refractivity contribution < 1.29 is 34.8 Å². The van der Waals surface area contributed by atoms with Crippen molar-refractivity contribution >= 4 is 20.6 Å². The topological polar surface area (TPSA) is 81.9 Å². The maximum atomic E-state index is 13.9. The highest BCUT2D eigenvalue weighted by Gasteiger charge is 2.58. The van der Waals surface area contributed by atoms with Crippen LogP contribution in [0.4, 0.5) is 26.3 Å². The van der Waals surface area contributed by atoms with E-state index >= 15 is 0 Å². The number of nitrogens with zero attached hydrogens (tertiary/aromatic N) is 3. The molecule has 0 amide bonds. The predicted octanol–water partition coefficient (Wildman–Crippen LogP) is 5.03. The van der Waals surface area contributed by atoms with E-state index in [-0.39, 0.29) is 10.9 Å². The van der Waals surface area contributed by atoms with Crippen LogP contribution in [0.2, 0.25) is 0 Å². The second-order valence-electron chi connectivity index (χ2n) is 7.69. The summed E-state index contributed by atoms with van der Waals surface area (Å²) in [7, 11) is -4.04. The molecule has 13 heteroatoms. The lowest BCUT2D eigenvalue weighted by molar-refractivity contribution is -0.289. The number of halogens is 6. The van der Waals surface area contributed by atoms with Gasteiger partial charge in [0.2, 0.25) is 0 Å². The quantitative estimate of drug-likeness (QED) is 0.340. The van der Waals surface area contributed by atoms with Gasteiger partial charge < -0.3 is 0 Å². The Hall–Kier alpha value is -3.74. The summed E-state index contributed by atoms with van der Waals surface area (Å²) in [4.78, 5) is 16.7. The molecule has 0 aliphatic carbocycles. The number of hydrogen-bond donors (Lipinski definition) is 0. The Morgan fingerprint density at radius 2 is 1.58 bits per heavy atom. The van der Waals surface area contributed by atoms with Gasteiger partial charge in [-0.15, -0.1) is 0 Å². The van der Waals surface area contributed by atoms with Gasteiger partial charge in [0.25, 0.3) is 5.56 Å². The summed E-state index contributed by atoms with van der Waals surface area (Å²) >= 11 is 0. The molecule has 0 aliphatic rings. The van der Waals surface area contributed by atoms with Crippen LogP contribution in [0, 0.1) is 5.82 Å². The maximum absolute atomic E-state index is 13.9. The van der Waals surface area contributed by atoms with Gasteiger partial charge in [-0.05, 0) is 29.8 Å². The molecule has 36 heavy (non-hydrogen) atoms. The second-order valence-corrected chi connectivity index (χ2v) is 9.94. The molecule has 0 aliphatic heterocycles. The highest BCUT2D eigenvalue weighted by Crippen LogP contribution is 2.44. The standard InChI is InChI=1S/C23H15F6N3O3S/c1-2-36(34,35)19-9-15(13-4-7-17(24)8-5-13)11-30-20(19)32-21(33)18-10-16(6-3-14(18)12-31-32)22(25,26)23(27,28)29/h3-12H,2H2,1H3. The van der Waals surface area contributed by atoms with Crippen LogP contribution in [0.15, 0.2) is 70.6 Å². The third-order valence-electron chi connectivity index (χ3n) is 5.43. The van der Waals surface area contributed by atoms with Crippen LogP contribution < -0.4 is 5.56 Å². The Morgan fingerprint density at radius 3 is 2.19 bits per heavy atom. The number of alkyl halides is 5. The molecule has 0 atom stereocenters. The van der Waals surface area contributed by atoms with Gasteiger partial charge in [-0.3, -0.25) is 4.79 Å². The lowest BCUT2D eigenvalue weighted by Gasteiger charge is -2.20. The van der Waals surface area contributed by atoms with Gasteiger partial charge >= 0.3 is 12.1 Å². The molecule has 2 heterocycles. The highest BCUT2D eigenvalue weighted by molar-refractivity contribution is 7.91. The monoisotopic (exact) mass is 527 g/mol. The van der Waals surface area contributed by atoms with Gasteiger partial charge in [-0.2, -0.15) is 31.7 Å². The third kappa shape index (κ3) is 4.34. The summed E-state index contributed by atoms with van der Waals surface area (Å²) in [5.41, 5.74) is -1.92. The second kappa shape index (κ2) is 8.73. The van der Waals surface area contributed by atoms with Crippen molar-refractivity contribution in [2.75, 3.05) is 5.75 Å². The minimum absolute atomic E-state index is 0.0409. The van der Waals surface area contributed by atoms with Crippen LogP contribution in [0.5, 0.6) is 0 Å². The van der Waals surface area contributed by atoms with Crippen molar-refractivity contribution in [1.82, 2.24) is 14.8 Å². The van der Waals surface area contributed by atoms with Gasteiger partial charge in [-0.1, -0.05) is 31.2 Å². The highest BCUT2D eigenvalue weighted by atomic mass is 32.2. The van der Waals surface area contributed by atoms with E-state index in [9.17, 15) is 39.6 Å². The molecular formula is C23H15F6N3O3S. The van der Waals surface area contributed by atoms with Crippen molar-refractivity contribution in [2.45, 2.75) is 23.9 Å². The zero-order chi connectivity index (χ0) is 26.5. The van der Waals surface area contributed by atoms with Gasteiger partial charge in [0.1, 0.15) is 10.7 Å². The summed E-state index contributed by atoms with van der Waals surface area (Å²) in [6, 6.07) is 8.09. The van der Waals surface area contributed by atoms with Crippen LogP contribution in [0.3, 0.4) is 0 Å². The molecule has 0 fully saturated rings. The zero-order valence-electron chi connectivity index (χ0n) is 18.2. The Bertz CT molecular complexity index is 1630. The number of pyridine rings is 1. The normalized spacial score (nSPS) is 12.8. The van der Waals surface area contributed by atoms with E-state index in [4.69, 9.17) is 0 Å². The number of rotatable bonds is 5. The molecule has 4 aromatic rings. The van der Waals surface area contributed by atoms with Crippen molar-refractivity contribution in [3.8, 4) is 16.9 Å². The molecule has 0 radical (unpaired) electrons. The average Bonchev–Trinajstić information content (AvgIpc) is 2.83. The van der Waals surface area contributed by atoms with Crippen LogP contribution in [0.1, 0.15) is 12.5 Å². The maximum Gasteiger partial charge on any atom is 0.458 e. The first kappa shape index (κ1) is 25.4. The molecule has 4 rings (SSSR count). The van der Waals surface area contributed by atoms with E-state index in [1.54, 1.807) is 0 Å². The van der Waals surface area contributed by atoms with Gasteiger partial charge in [0, 0.05) is 22.7 Å². The largest absolute Gasteiger partial charge is 0.458 e. The van der Waals surface area contributed by atoms with E-state index in [1.807, 2.05) is 0 Å². The van der Waals surface area contributed by atoms with E-state index in [0.29, 0.717) is 22.4 Å². The SMILES string of the molecule is CCS(=O)(=O)c1cc(-c2ccc(F)cc2)cnc1-n1ncc2ccc(C(F)(F)C(F)(F)F)cc2c1=O. The molecule has 0 saturated carbocycles. The first-order chi connectivity index (χ1) is 16.8.